The fraction of sp³-hybridized carbons (Fsp3) is 0.429. The molecule has 4 N–H and O–H groups in total. The average Bonchev–Trinajstić information content (AvgIpc) is 3.18. The highest BCUT2D eigenvalue weighted by Crippen LogP contribution is 2.18. The Morgan fingerprint density at radius 2 is 1.61 bits per heavy atom. The van der Waals surface area contributed by atoms with Crippen molar-refractivity contribution in [2.75, 3.05) is 19.6 Å². The number of carbonyl (C=O) groups excluding carboxylic acids is 1. The molecule has 0 aliphatic heterocycles. The zero-order valence-corrected chi connectivity index (χ0v) is 17.5. The van der Waals surface area contributed by atoms with E-state index in [0.717, 1.165) is 43.1 Å². The topological polar surface area (TPSA) is 165 Å². The highest BCUT2D eigenvalue weighted by atomic mass is 16.5. The highest BCUT2D eigenvalue weighted by molar-refractivity contribution is 5.86. The lowest BCUT2D eigenvalue weighted by Crippen LogP contribution is -3.11. The molecule has 0 aliphatic rings. The number of nitrogens with zero attached hydrogens (tertiary/aromatic N) is 1. The number of carbonyl (C=O) groups is 3. The summed E-state index contributed by atoms with van der Waals surface area (Å²) < 4.78 is 5.40. The SMILES string of the molecule is CC[NH+](CC)CCc1cc(-c2ccccc2)no1.O=C(O)CC(O)(CC(=O)O)C(=O)[O-]. The third-order valence-corrected chi connectivity index (χ3v) is 4.62. The third kappa shape index (κ3) is 8.97. The predicted octanol–water partition coefficient (Wildman–Crippen LogP) is -0.774. The molecule has 0 saturated heterocycles. The van der Waals surface area contributed by atoms with Gasteiger partial charge >= 0.3 is 11.9 Å². The molecule has 1 aromatic heterocycles. The van der Waals surface area contributed by atoms with E-state index in [1.54, 1.807) is 4.90 Å². The molecule has 0 aliphatic carbocycles. The van der Waals surface area contributed by atoms with Crippen LogP contribution in [-0.2, 0) is 20.8 Å². The van der Waals surface area contributed by atoms with Crippen LogP contribution in [0.4, 0.5) is 0 Å². The van der Waals surface area contributed by atoms with Crippen LogP contribution in [0.5, 0.6) is 0 Å². The van der Waals surface area contributed by atoms with Gasteiger partial charge in [-0.2, -0.15) is 0 Å². The Morgan fingerprint density at radius 1 is 1.06 bits per heavy atom. The summed E-state index contributed by atoms with van der Waals surface area (Å²) in [4.78, 5) is 31.9. The first-order chi connectivity index (χ1) is 14.6. The van der Waals surface area contributed by atoms with Gasteiger partial charge in [-0.05, 0) is 13.8 Å². The van der Waals surface area contributed by atoms with Crippen molar-refractivity contribution in [2.24, 2.45) is 0 Å². The number of carboxylic acid groups (broad SMARTS) is 3. The standard InChI is InChI=1S/C15H20N2O.C6H8O7/c1-3-17(4-2)11-10-14-12-15(16-18-14)13-8-6-5-7-9-13;7-3(8)1-6(13,5(11)12)2-4(9)10/h5-9,12H,3-4,10-11H2,1-2H3;13H,1-2H2,(H,7,8)(H,9,10)(H,11,12). The molecule has 0 amide bonds. The van der Waals surface area contributed by atoms with Crippen molar-refractivity contribution in [1.29, 1.82) is 0 Å². The van der Waals surface area contributed by atoms with E-state index in [0.29, 0.717) is 0 Å². The van der Waals surface area contributed by atoms with Gasteiger partial charge in [-0.3, -0.25) is 9.59 Å². The summed E-state index contributed by atoms with van der Waals surface area (Å²) in [5.74, 6) is -4.37. The van der Waals surface area contributed by atoms with Gasteiger partial charge in [0.1, 0.15) is 17.1 Å². The van der Waals surface area contributed by atoms with E-state index in [-0.39, 0.29) is 0 Å². The van der Waals surface area contributed by atoms with Crippen LogP contribution in [0.3, 0.4) is 0 Å². The van der Waals surface area contributed by atoms with Gasteiger partial charge in [0, 0.05) is 11.6 Å². The van der Waals surface area contributed by atoms with Crippen LogP contribution in [0, 0.1) is 0 Å². The number of aromatic nitrogens is 1. The number of benzene rings is 1. The fourth-order valence-electron chi connectivity index (χ4n) is 2.79. The van der Waals surface area contributed by atoms with E-state index in [1.807, 2.05) is 18.2 Å². The second-order valence-electron chi connectivity index (χ2n) is 6.96. The zero-order chi connectivity index (χ0) is 23.4. The number of nitrogens with one attached hydrogen (secondary N) is 1. The lowest BCUT2D eigenvalue weighted by atomic mass is 9.96. The Morgan fingerprint density at radius 3 is 2.06 bits per heavy atom. The number of rotatable bonds is 11. The molecule has 0 spiro atoms. The van der Waals surface area contributed by atoms with Gasteiger partial charge in [-0.15, -0.1) is 0 Å². The van der Waals surface area contributed by atoms with Crippen LogP contribution in [0.15, 0.2) is 40.9 Å². The van der Waals surface area contributed by atoms with E-state index >= 15 is 0 Å². The van der Waals surface area contributed by atoms with Gasteiger partial charge in [0.05, 0.1) is 44.9 Å². The highest BCUT2D eigenvalue weighted by Gasteiger charge is 2.34. The number of aliphatic carboxylic acids is 3. The van der Waals surface area contributed by atoms with Gasteiger partial charge in [-0.25, -0.2) is 0 Å². The Labute approximate surface area is 179 Å². The maximum Gasteiger partial charge on any atom is 0.306 e. The molecule has 1 aromatic carbocycles. The molecule has 10 heteroatoms. The first-order valence-electron chi connectivity index (χ1n) is 9.83. The quantitative estimate of drug-likeness (QED) is 0.354. The fourth-order valence-corrected chi connectivity index (χ4v) is 2.79. The largest absolute Gasteiger partial charge is 0.547 e. The van der Waals surface area contributed by atoms with Crippen LogP contribution in [0.25, 0.3) is 11.3 Å². The van der Waals surface area contributed by atoms with Crippen molar-refractivity contribution in [1.82, 2.24) is 5.16 Å². The molecule has 1 heterocycles. The van der Waals surface area contributed by atoms with Crippen molar-refractivity contribution in [3.63, 3.8) is 0 Å². The van der Waals surface area contributed by atoms with Crippen LogP contribution in [0.1, 0.15) is 32.4 Å². The predicted molar refractivity (Wildman–Crippen MR) is 107 cm³/mol. The number of hydrogen-bond acceptors (Lipinski definition) is 7. The molecule has 0 fully saturated rings. The van der Waals surface area contributed by atoms with Crippen molar-refractivity contribution >= 4 is 17.9 Å². The Bertz CT molecular complexity index is 830. The number of hydrogen-bond donors (Lipinski definition) is 4. The van der Waals surface area contributed by atoms with Crippen molar-refractivity contribution in [2.45, 2.75) is 38.7 Å². The molecule has 0 saturated carbocycles. The van der Waals surface area contributed by atoms with Crippen molar-refractivity contribution in [3.8, 4) is 11.3 Å². The molecular formula is C21H28N2O8. The average molecular weight is 436 g/mol. The summed E-state index contributed by atoms with van der Waals surface area (Å²) in [5, 5.41) is 39.7. The minimum atomic E-state index is -2.85. The van der Waals surface area contributed by atoms with E-state index in [9.17, 15) is 19.5 Å². The van der Waals surface area contributed by atoms with Gasteiger partial charge in [0.2, 0.25) is 0 Å². The molecule has 10 nitrogen and oxygen atoms in total. The van der Waals surface area contributed by atoms with Crippen molar-refractivity contribution < 1.29 is 44.2 Å². The third-order valence-electron chi connectivity index (χ3n) is 4.62. The van der Waals surface area contributed by atoms with Crippen molar-refractivity contribution in [3.05, 3.63) is 42.2 Å². The molecule has 2 rings (SSSR count). The lowest BCUT2D eigenvalue weighted by molar-refractivity contribution is -0.896. The first kappa shape index (κ1) is 25.8. The summed E-state index contributed by atoms with van der Waals surface area (Å²) in [6, 6.07) is 12.2. The summed E-state index contributed by atoms with van der Waals surface area (Å²) in [6.07, 6.45) is -1.46. The van der Waals surface area contributed by atoms with E-state index < -0.39 is 36.4 Å². The van der Waals surface area contributed by atoms with E-state index in [1.165, 1.54) is 0 Å². The molecule has 0 atom stereocenters. The molecular weight excluding hydrogens is 408 g/mol. The molecule has 170 valence electrons. The molecule has 0 unspecified atom stereocenters. The molecule has 31 heavy (non-hydrogen) atoms. The maximum absolute atomic E-state index is 10.2. The summed E-state index contributed by atoms with van der Waals surface area (Å²) >= 11 is 0. The zero-order valence-electron chi connectivity index (χ0n) is 17.5. The van der Waals surface area contributed by atoms with Gasteiger partial charge in [0.25, 0.3) is 0 Å². The Kier molecular flexibility index (Phi) is 10.4. The smallest absolute Gasteiger partial charge is 0.306 e. The van der Waals surface area contributed by atoms with Gasteiger partial charge in [0.15, 0.2) is 0 Å². The number of quaternary nitrogens is 1. The van der Waals surface area contributed by atoms with Gasteiger partial charge < -0.3 is 34.6 Å². The Hall–Kier alpha value is -3.24. The first-order valence-corrected chi connectivity index (χ1v) is 9.83. The Balaban J connectivity index is 0.000000330. The molecule has 2 aromatic rings. The number of aliphatic hydroxyl groups is 1. The lowest BCUT2D eigenvalue weighted by Gasteiger charge is -2.25. The molecule has 0 bridgehead atoms. The van der Waals surface area contributed by atoms with Crippen LogP contribution in [-0.4, -0.2) is 63.6 Å². The second kappa shape index (κ2) is 12.5. The normalized spacial score (nSPS) is 11.0. The second-order valence-corrected chi connectivity index (χ2v) is 6.96. The minimum absolute atomic E-state index is 0.931. The summed E-state index contributed by atoms with van der Waals surface area (Å²) in [6.45, 7) is 7.87. The van der Waals surface area contributed by atoms with Gasteiger partial charge in [-0.1, -0.05) is 35.5 Å². The van der Waals surface area contributed by atoms with Crippen LogP contribution >= 0.6 is 0 Å². The monoisotopic (exact) mass is 436 g/mol. The van der Waals surface area contributed by atoms with Crippen LogP contribution in [0.2, 0.25) is 0 Å². The number of carboxylic acids is 3. The minimum Gasteiger partial charge on any atom is -0.547 e. The van der Waals surface area contributed by atoms with E-state index in [2.05, 4.69) is 37.2 Å². The van der Waals surface area contributed by atoms with E-state index in [4.69, 9.17) is 19.8 Å². The summed E-state index contributed by atoms with van der Waals surface area (Å²) in [7, 11) is 0. The maximum atomic E-state index is 10.2. The van der Waals surface area contributed by atoms with Crippen LogP contribution < -0.4 is 10.0 Å². The molecule has 0 radical (unpaired) electrons. The summed E-state index contributed by atoms with van der Waals surface area (Å²) in [5.41, 5.74) is -0.805. The number of likely N-dealkylation sites (N-methyl/N-ethyl adjacent to an activating group) is 1.